The highest BCUT2D eigenvalue weighted by atomic mass is 35.5. The summed E-state index contributed by atoms with van der Waals surface area (Å²) < 4.78 is 13.1. The van der Waals surface area contributed by atoms with Crippen molar-refractivity contribution < 1.29 is 9.47 Å². The molecular weight excluding hydrogens is 278 g/mol. The van der Waals surface area contributed by atoms with Crippen molar-refractivity contribution in [2.24, 2.45) is 0 Å². The molecule has 0 fully saturated rings. The van der Waals surface area contributed by atoms with Gasteiger partial charge in [-0.3, -0.25) is 0 Å². The number of aromatic nitrogens is 2. The molecule has 1 aliphatic heterocycles. The second kappa shape index (κ2) is 5.63. The topological polar surface area (TPSA) is 48.3 Å². The van der Waals surface area contributed by atoms with Gasteiger partial charge in [-0.1, -0.05) is 11.6 Å². The third kappa shape index (κ3) is 2.54. The minimum Gasteiger partial charge on any atom is -0.486 e. The Morgan fingerprint density at radius 1 is 1.30 bits per heavy atom. The Labute approximate surface area is 122 Å². The number of imidazole rings is 1. The molecule has 2 heterocycles. The van der Waals surface area contributed by atoms with Crippen molar-refractivity contribution in [3.05, 3.63) is 35.4 Å². The molecular formula is C14H16ClN3O2. The van der Waals surface area contributed by atoms with E-state index in [0.29, 0.717) is 30.5 Å². The van der Waals surface area contributed by atoms with E-state index in [1.165, 1.54) is 0 Å². The first-order chi connectivity index (χ1) is 9.78. The van der Waals surface area contributed by atoms with E-state index in [4.69, 9.17) is 21.1 Å². The van der Waals surface area contributed by atoms with E-state index in [9.17, 15) is 0 Å². The molecule has 0 amide bonds. The molecule has 106 valence electrons. The van der Waals surface area contributed by atoms with Crippen LogP contribution in [0.25, 0.3) is 0 Å². The fraction of sp³-hybridized carbons (Fsp3) is 0.357. The molecule has 1 aromatic heterocycles. The summed E-state index contributed by atoms with van der Waals surface area (Å²) in [5.74, 6) is 1.43. The number of nitrogens with zero attached hydrogens (tertiary/aromatic N) is 2. The monoisotopic (exact) mass is 293 g/mol. The van der Waals surface area contributed by atoms with Gasteiger partial charge in [-0.25, -0.2) is 4.98 Å². The number of anilines is 1. The molecule has 1 aromatic carbocycles. The maximum atomic E-state index is 6.25. The maximum Gasteiger partial charge on any atom is 0.163 e. The summed E-state index contributed by atoms with van der Waals surface area (Å²) in [6.07, 6.45) is 3.67. The third-order valence-electron chi connectivity index (χ3n) is 3.23. The lowest BCUT2D eigenvalue weighted by atomic mass is 10.2. The van der Waals surface area contributed by atoms with E-state index in [-0.39, 0.29) is 0 Å². The quantitative estimate of drug-likeness (QED) is 0.941. The second-order valence-corrected chi connectivity index (χ2v) is 4.91. The summed E-state index contributed by atoms with van der Waals surface area (Å²) in [5, 5.41) is 3.93. The van der Waals surface area contributed by atoms with Crippen molar-refractivity contribution in [2.75, 3.05) is 18.5 Å². The van der Waals surface area contributed by atoms with Crippen molar-refractivity contribution in [1.82, 2.24) is 9.55 Å². The van der Waals surface area contributed by atoms with Crippen molar-refractivity contribution >= 4 is 17.3 Å². The number of halogens is 1. The van der Waals surface area contributed by atoms with E-state index in [1.54, 1.807) is 6.07 Å². The Kier molecular flexibility index (Phi) is 3.69. The Morgan fingerprint density at radius 2 is 2.05 bits per heavy atom. The molecule has 0 bridgehead atoms. The van der Waals surface area contributed by atoms with Crippen LogP contribution in [0.5, 0.6) is 11.5 Å². The number of rotatable bonds is 4. The summed E-state index contributed by atoms with van der Waals surface area (Å²) in [5.41, 5.74) is 1.94. The van der Waals surface area contributed by atoms with Gasteiger partial charge in [0.15, 0.2) is 11.5 Å². The van der Waals surface area contributed by atoms with Crippen molar-refractivity contribution in [1.29, 1.82) is 0 Å². The molecule has 1 aliphatic rings. The summed E-state index contributed by atoms with van der Waals surface area (Å²) in [6.45, 7) is 4.77. The van der Waals surface area contributed by atoms with Crippen LogP contribution in [-0.2, 0) is 13.1 Å². The fourth-order valence-electron chi connectivity index (χ4n) is 2.17. The number of aryl methyl sites for hydroxylation is 1. The highest BCUT2D eigenvalue weighted by Crippen LogP contribution is 2.38. The van der Waals surface area contributed by atoms with Crippen molar-refractivity contribution in [3.8, 4) is 11.5 Å². The molecule has 0 atom stereocenters. The van der Waals surface area contributed by atoms with Gasteiger partial charge in [0, 0.05) is 24.9 Å². The molecule has 3 rings (SSSR count). The largest absolute Gasteiger partial charge is 0.486 e. The first-order valence-electron chi connectivity index (χ1n) is 6.60. The lowest BCUT2D eigenvalue weighted by molar-refractivity contribution is 0.171. The fourth-order valence-corrected chi connectivity index (χ4v) is 2.39. The van der Waals surface area contributed by atoms with E-state index < -0.39 is 0 Å². The van der Waals surface area contributed by atoms with Crippen LogP contribution in [0.2, 0.25) is 5.02 Å². The first-order valence-corrected chi connectivity index (χ1v) is 6.97. The molecule has 2 aromatic rings. The van der Waals surface area contributed by atoms with Gasteiger partial charge in [0.2, 0.25) is 0 Å². The lowest BCUT2D eigenvalue weighted by Crippen LogP contribution is -2.15. The Balaban J connectivity index is 1.77. The predicted octanol–water partition coefficient (Wildman–Crippen LogP) is 2.94. The van der Waals surface area contributed by atoms with Gasteiger partial charge in [-0.2, -0.15) is 0 Å². The van der Waals surface area contributed by atoms with Crippen LogP contribution in [-0.4, -0.2) is 22.8 Å². The van der Waals surface area contributed by atoms with Crippen LogP contribution >= 0.6 is 11.6 Å². The van der Waals surface area contributed by atoms with Crippen LogP contribution in [0.3, 0.4) is 0 Å². The normalized spacial score (nSPS) is 13.3. The molecule has 0 radical (unpaired) electrons. The highest BCUT2D eigenvalue weighted by Gasteiger charge is 2.15. The third-order valence-corrected chi connectivity index (χ3v) is 3.54. The van der Waals surface area contributed by atoms with Crippen LogP contribution in [0.1, 0.15) is 12.6 Å². The molecule has 20 heavy (non-hydrogen) atoms. The molecule has 0 unspecified atom stereocenters. The van der Waals surface area contributed by atoms with Gasteiger partial charge >= 0.3 is 0 Å². The van der Waals surface area contributed by atoms with E-state index >= 15 is 0 Å². The number of hydrogen-bond acceptors (Lipinski definition) is 4. The maximum absolute atomic E-state index is 6.25. The van der Waals surface area contributed by atoms with Gasteiger partial charge in [0.1, 0.15) is 13.2 Å². The number of fused-ring (bicyclic) bond motifs is 1. The van der Waals surface area contributed by atoms with E-state index in [0.717, 1.165) is 23.7 Å². The van der Waals surface area contributed by atoms with Gasteiger partial charge in [-0.15, -0.1) is 0 Å². The average molecular weight is 294 g/mol. The molecule has 0 saturated carbocycles. The zero-order chi connectivity index (χ0) is 13.9. The van der Waals surface area contributed by atoms with Crippen LogP contribution in [0, 0.1) is 0 Å². The number of benzene rings is 1. The number of nitrogens with one attached hydrogen (secondary N) is 1. The summed E-state index contributed by atoms with van der Waals surface area (Å²) >= 11 is 6.25. The minimum absolute atomic E-state index is 0.561. The molecule has 1 N–H and O–H groups in total. The Hall–Kier alpha value is -1.88. The average Bonchev–Trinajstić information content (AvgIpc) is 2.92. The zero-order valence-corrected chi connectivity index (χ0v) is 12.0. The van der Waals surface area contributed by atoms with Crippen LogP contribution < -0.4 is 14.8 Å². The highest BCUT2D eigenvalue weighted by molar-refractivity contribution is 6.33. The molecule has 0 spiro atoms. The summed E-state index contributed by atoms with van der Waals surface area (Å²) in [6, 6.07) is 3.67. The zero-order valence-electron chi connectivity index (χ0n) is 11.2. The Bertz CT molecular complexity index is 612. The molecule has 5 nitrogen and oxygen atoms in total. The Morgan fingerprint density at radius 3 is 2.80 bits per heavy atom. The van der Waals surface area contributed by atoms with Crippen molar-refractivity contribution in [3.63, 3.8) is 0 Å². The standard InChI is InChI=1S/C14H16ClN3O2/c1-2-18-9-16-7-10(18)8-17-12-6-14-13(5-11(12)15)19-3-4-20-14/h5-7,9,17H,2-4,8H2,1H3. The van der Waals surface area contributed by atoms with Crippen LogP contribution in [0.4, 0.5) is 5.69 Å². The van der Waals surface area contributed by atoms with Crippen LogP contribution in [0.15, 0.2) is 24.7 Å². The van der Waals surface area contributed by atoms with Gasteiger partial charge < -0.3 is 19.4 Å². The SMILES string of the molecule is CCn1cncc1CNc1cc2c(cc1Cl)OCCO2. The second-order valence-electron chi connectivity index (χ2n) is 4.50. The van der Waals surface area contributed by atoms with Gasteiger partial charge in [0.05, 0.1) is 29.3 Å². The minimum atomic E-state index is 0.561. The summed E-state index contributed by atoms with van der Waals surface area (Å²) in [7, 11) is 0. The molecule has 6 heteroatoms. The molecule has 0 saturated heterocycles. The van der Waals surface area contributed by atoms with Gasteiger partial charge in [0.25, 0.3) is 0 Å². The smallest absolute Gasteiger partial charge is 0.163 e. The summed E-state index contributed by atoms with van der Waals surface area (Å²) in [4.78, 5) is 4.14. The lowest BCUT2D eigenvalue weighted by Gasteiger charge is -2.20. The number of hydrogen-bond donors (Lipinski definition) is 1. The predicted molar refractivity (Wildman–Crippen MR) is 77.7 cm³/mol. The van der Waals surface area contributed by atoms with Gasteiger partial charge in [-0.05, 0) is 6.92 Å². The first kappa shape index (κ1) is 13.1. The van der Waals surface area contributed by atoms with Crippen molar-refractivity contribution in [2.45, 2.75) is 20.0 Å². The number of ether oxygens (including phenoxy) is 2. The molecule has 0 aliphatic carbocycles. The van der Waals surface area contributed by atoms with E-state index in [2.05, 4.69) is 21.8 Å². The van der Waals surface area contributed by atoms with E-state index in [1.807, 2.05) is 18.6 Å².